The first-order valence-corrected chi connectivity index (χ1v) is 11.4. The van der Waals surface area contributed by atoms with Gasteiger partial charge in [-0.25, -0.2) is 4.98 Å². The topological polar surface area (TPSA) is 76.1 Å². The molecule has 0 radical (unpaired) electrons. The van der Waals surface area contributed by atoms with Gasteiger partial charge in [0.1, 0.15) is 23.8 Å². The third-order valence-corrected chi connectivity index (χ3v) is 5.85. The maximum atomic E-state index is 12.6. The van der Waals surface area contributed by atoms with Crippen LogP contribution in [-0.2, 0) is 17.9 Å². The number of pyridine rings is 1. The molecule has 0 unspecified atom stereocenters. The molecule has 0 N–H and O–H groups in total. The minimum absolute atomic E-state index is 0.0316. The Morgan fingerprint density at radius 2 is 1.91 bits per heavy atom. The molecule has 8 nitrogen and oxygen atoms in total. The lowest BCUT2D eigenvalue weighted by atomic mass is 10.2. The molecule has 0 aliphatic carbocycles. The van der Waals surface area contributed by atoms with Gasteiger partial charge in [-0.2, -0.15) is 0 Å². The van der Waals surface area contributed by atoms with E-state index in [1.165, 1.54) is 0 Å². The second-order valence-corrected chi connectivity index (χ2v) is 8.42. The van der Waals surface area contributed by atoms with Crippen molar-refractivity contribution in [2.75, 3.05) is 26.2 Å². The van der Waals surface area contributed by atoms with Crippen LogP contribution in [0, 0.1) is 6.92 Å². The Morgan fingerprint density at radius 3 is 2.65 bits per heavy atom. The lowest BCUT2D eigenvalue weighted by molar-refractivity contribution is -0.127. The van der Waals surface area contributed by atoms with Crippen LogP contribution in [-0.4, -0.2) is 56.4 Å². The number of ether oxygens (including phenoxy) is 1. The molecule has 5 rings (SSSR count). The summed E-state index contributed by atoms with van der Waals surface area (Å²) in [4.78, 5) is 21.3. The van der Waals surface area contributed by atoms with Gasteiger partial charge in [-0.05, 0) is 42.8 Å². The number of hydrogen-bond acceptors (Lipinski definition) is 6. The van der Waals surface area contributed by atoms with Crippen LogP contribution in [0.25, 0.3) is 11.7 Å². The molecule has 1 aromatic carbocycles. The van der Waals surface area contributed by atoms with Gasteiger partial charge < -0.3 is 18.6 Å². The zero-order valence-corrected chi connectivity index (χ0v) is 19.1. The van der Waals surface area contributed by atoms with Crippen molar-refractivity contribution < 1.29 is 14.1 Å². The quantitative estimate of drug-likeness (QED) is 0.395. The first-order chi connectivity index (χ1) is 16.6. The molecular formula is C26H27N5O3. The Balaban J connectivity index is 1.08. The number of benzene rings is 1. The molecule has 4 heterocycles. The number of hydrogen-bond donors (Lipinski definition) is 0. The van der Waals surface area contributed by atoms with Crippen molar-refractivity contribution in [3.63, 3.8) is 0 Å². The van der Waals surface area contributed by atoms with E-state index in [1.54, 1.807) is 6.08 Å². The van der Waals surface area contributed by atoms with Gasteiger partial charge in [-0.15, -0.1) is 0 Å². The number of aryl methyl sites for hydroxylation is 1. The van der Waals surface area contributed by atoms with Gasteiger partial charge >= 0.3 is 0 Å². The molecular weight excluding hydrogens is 430 g/mol. The van der Waals surface area contributed by atoms with Crippen molar-refractivity contribution in [1.82, 2.24) is 24.3 Å². The van der Waals surface area contributed by atoms with E-state index in [4.69, 9.17) is 9.26 Å². The monoisotopic (exact) mass is 457 g/mol. The number of amides is 1. The fourth-order valence-corrected chi connectivity index (χ4v) is 4.01. The maximum Gasteiger partial charge on any atom is 0.246 e. The van der Waals surface area contributed by atoms with Gasteiger partial charge in [-0.1, -0.05) is 23.4 Å². The van der Waals surface area contributed by atoms with Crippen LogP contribution >= 0.6 is 0 Å². The van der Waals surface area contributed by atoms with Crippen molar-refractivity contribution in [1.29, 1.82) is 0 Å². The number of aromatic nitrogens is 3. The summed E-state index contributed by atoms with van der Waals surface area (Å²) in [6.45, 7) is 6.10. The van der Waals surface area contributed by atoms with Crippen LogP contribution < -0.4 is 4.74 Å². The number of nitrogens with zero attached hydrogens (tertiary/aromatic N) is 5. The first kappa shape index (κ1) is 21.9. The Labute approximate surface area is 198 Å². The molecule has 174 valence electrons. The second kappa shape index (κ2) is 9.93. The molecule has 0 saturated carbocycles. The lowest BCUT2D eigenvalue weighted by Gasteiger charge is -2.33. The molecule has 3 aromatic heterocycles. The van der Waals surface area contributed by atoms with Gasteiger partial charge in [-0.3, -0.25) is 9.69 Å². The van der Waals surface area contributed by atoms with Gasteiger partial charge in [0.2, 0.25) is 5.91 Å². The predicted octanol–water partition coefficient (Wildman–Crippen LogP) is 3.57. The lowest BCUT2D eigenvalue weighted by Crippen LogP contribution is -2.47. The van der Waals surface area contributed by atoms with Crippen molar-refractivity contribution in [2.45, 2.75) is 20.1 Å². The van der Waals surface area contributed by atoms with Crippen molar-refractivity contribution in [2.24, 2.45) is 0 Å². The van der Waals surface area contributed by atoms with Gasteiger partial charge in [0.15, 0.2) is 0 Å². The molecule has 0 spiro atoms. The fourth-order valence-electron chi connectivity index (χ4n) is 4.01. The highest BCUT2D eigenvalue weighted by Gasteiger charge is 2.20. The molecule has 34 heavy (non-hydrogen) atoms. The smallest absolute Gasteiger partial charge is 0.246 e. The van der Waals surface area contributed by atoms with E-state index in [0.717, 1.165) is 53.7 Å². The van der Waals surface area contributed by atoms with Crippen LogP contribution in [0.4, 0.5) is 0 Å². The summed E-state index contributed by atoms with van der Waals surface area (Å²) in [5.41, 5.74) is 3.66. The van der Waals surface area contributed by atoms with Gasteiger partial charge in [0.25, 0.3) is 0 Å². The van der Waals surface area contributed by atoms with Crippen LogP contribution in [0.3, 0.4) is 0 Å². The highest BCUT2D eigenvalue weighted by molar-refractivity contribution is 5.91. The minimum atomic E-state index is 0.0316. The Hall–Kier alpha value is -3.91. The zero-order valence-electron chi connectivity index (χ0n) is 19.1. The molecule has 1 aliphatic rings. The second-order valence-electron chi connectivity index (χ2n) is 8.42. The largest absolute Gasteiger partial charge is 0.487 e. The summed E-state index contributed by atoms with van der Waals surface area (Å²) >= 11 is 0. The summed E-state index contributed by atoms with van der Waals surface area (Å²) in [5.74, 6) is 1.61. The number of carbonyl (C=O) groups is 1. The number of imidazole rings is 1. The van der Waals surface area contributed by atoms with Crippen LogP contribution in [0.2, 0.25) is 0 Å². The summed E-state index contributed by atoms with van der Waals surface area (Å²) < 4.78 is 13.0. The predicted molar refractivity (Wildman–Crippen MR) is 128 cm³/mol. The highest BCUT2D eigenvalue weighted by atomic mass is 16.5. The molecule has 4 aromatic rings. The van der Waals surface area contributed by atoms with Crippen LogP contribution in [0.15, 0.2) is 71.5 Å². The van der Waals surface area contributed by atoms with E-state index in [-0.39, 0.29) is 5.91 Å². The number of piperazine rings is 1. The minimum Gasteiger partial charge on any atom is -0.487 e. The van der Waals surface area contributed by atoms with Crippen molar-refractivity contribution >= 4 is 17.6 Å². The third-order valence-electron chi connectivity index (χ3n) is 5.85. The molecule has 0 atom stereocenters. The number of fused-ring (bicyclic) bond motifs is 1. The van der Waals surface area contributed by atoms with E-state index in [9.17, 15) is 4.79 Å². The number of carbonyl (C=O) groups excluding carboxylic acids is 1. The molecule has 1 aliphatic heterocycles. The van der Waals surface area contributed by atoms with Crippen molar-refractivity contribution in [3.8, 4) is 5.75 Å². The van der Waals surface area contributed by atoms with E-state index in [1.807, 2.05) is 83.2 Å². The zero-order chi connectivity index (χ0) is 23.3. The molecule has 1 fully saturated rings. The van der Waals surface area contributed by atoms with E-state index < -0.39 is 0 Å². The maximum absolute atomic E-state index is 12.6. The van der Waals surface area contributed by atoms with Crippen LogP contribution in [0.5, 0.6) is 5.75 Å². The average molecular weight is 458 g/mol. The van der Waals surface area contributed by atoms with Gasteiger partial charge in [0.05, 0.1) is 11.4 Å². The van der Waals surface area contributed by atoms with E-state index in [2.05, 4.69) is 15.0 Å². The summed E-state index contributed by atoms with van der Waals surface area (Å²) in [5, 5.41) is 4.05. The molecule has 0 bridgehead atoms. The number of rotatable bonds is 7. The summed E-state index contributed by atoms with van der Waals surface area (Å²) in [6.07, 6.45) is 7.42. The molecule has 1 amide bonds. The van der Waals surface area contributed by atoms with Crippen LogP contribution in [0.1, 0.15) is 22.7 Å². The highest BCUT2D eigenvalue weighted by Crippen LogP contribution is 2.16. The Morgan fingerprint density at radius 1 is 1.09 bits per heavy atom. The normalized spacial score (nSPS) is 14.8. The molecule has 8 heteroatoms. The third kappa shape index (κ3) is 5.35. The Bertz CT molecular complexity index is 1250. The van der Waals surface area contributed by atoms with E-state index >= 15 is 0 Å². The summed E-state index contributed by atoms with van der Waals surface area (Å²) in [6, 6.07) is 15.6. The van der Waals surface area contributed by atoms with Gasteiger partial charge in [0, 0.05) is 57.3 Å². The average Bonchev–Trinajstić information content (AvgIpc) is 3.47. The van der Waals surface area contributed by atoms with Crippen molar-refractivity contribution in [3.05, 3.63) is 89.7 Å². The Kier molecular flexibility index (Phi) is 6.40. The standard InChI is InChI=1S/C26H27N5O3/c1-20-16-22(28-34-20)17-29-12-14-30(15-13-29)26(32)10-7-21-5-8-24(9-6-21)33-19-23-18-31-11-3-2-4-25(31)27-23/h2-11,16,18H,12-15,17,19H2,1H3. The molecule has 1 saturated heterocycles. The van der Waals surface area contributed by atoms with E-state index in [0.29, 0.717) is 19.7 Å². The summed E-state index contributed by atoms with van der Waals surface area (Å²) in [7, 11) is 0. The first-order valence-electron chi connectivity index (χ1n) is 11.4. The fraction of sp³-hybridized carbons (Fsp3) is 0.269. The SMILES string of the molecule is Cc1cc(CN2CCN(C(=O)C=Cc3ccc(OCc4cn5ccccc5n4)cc3)CC2)no1.